The third-order valence-corrected chi connectivity index (χ3v) is 6.11. The van der Waals surface area contributed by atoms with Crippen molar-refractivity contribution in [3.05, 3.63) is 29.8 Å². The third kappa shape index (κ3) is 9.22. The number of carbonyl (C=O) groups excluding carboxylic acids is 4. The van der Waals surface area contributed by atoms with Crippen LogP contribution in [0.25, 0.3) is 0 Å². The minimum atomic E-state index is -1.16. The van der Waals surface area contributed by atoms with E-state index in [-0.39, 0.29) is 42.8 Å². The molecule has 0 heterocycles. The van der Waals surface area contributed by atoms with E-state index in [0.717, 1.165) is 6.42 Å². The number of benzene rings is 1. The predicted octanol–water partition coefficient (Wildman–Crippen LogP) is 3.82. The standard InChI is InChI=1S/C28H43N3O7/c1-7-37-23(33)15-16-29-25(34)24(20-13-8-9-14-22(20)32)31(19-11-10-12-19)26(35)21(17-18(2)3)30-27(36)38-28(4,5)6/h8-9,13-14,18-19,21,24,32H,7,10-12,15-17H2,1-6H3,(H,29,34)(H,30,36). The van der Waals surface area contributed by atoms with Gasteiger partial charge in [-0.1, -0.05) is 32.0 Å². The van der Waals surface area contributed by atoms with Crippen LogP contribution in [0, 0.1) is 5.92 Å². The smallest absolute Gasteiger partial charge is 0.408 e. The second kappa shape index (κ2) is 14.0. The molecule has 10 nitrogen and oxygen atoms in total. The van der Waals surface area contributed by atoms with E-state index >= 15 is 0 Å². The summed E-state index contributed by atoms with van der Waals surface area (Å²) in [5, 5.41) is 16.1. The zero-order chi connectivity index (χ0) is 28.5. The normalized spacial score (nSPS) is 15.1. The van der Waals surface area contributed by atoms with Gasteiger partial charge in [0, 0.05) is 18.2 Å². The number of nitrogens with zero attached hydrogens (tertiary/aromatic N) is 1. The Morgan fingerprint density at radius 1 is 1.13 bits per heavy atom. The van der Waals surface area contributed by atoms with Crippen molar-refractivity contribution in [2.24, 2.45) is 5.92 Å². The van der Waals surface area contributed by atoms with E-state index in [1.165, 1.54) is 11.0 Å². The van der Waals surface area contributed by atoms with Crippen LogP contribution in [0.4, 0.5) is 4.79 Å². The first-order chi connectivity index (χ1) is 17.8. The molecule has 10 heteroatoms. The number of ether oxygens (including phenoxy) is 2. The third-order valence-electron chi connectivity index (χ3n) is 6.11. The Hall–Kier alpha value is -3.30. The van der Waals surface area contributed by atoms with Gasteiger partial charge in [0.1, 0.15) is 23.4 Å². The minimum Gasteiger partial charge on any atom is -0.508 e. The fraction of sp³-hybridized carbons (Fsp3) is 0.643. The van der Waals surface area contributed by atoms with Gasteiger partial charge in [-0.15, -0.1) is 0 Å². The molecule has 0 aromatic heterocycles. The number of amides is 3. The molecule has 1 aliphatic rings. The van der Waals surface area contributed by atoms with E-state index in [1.807, 2.05) is 13.8 Å². The van der Waals surface area contributed by atoms with E-state index < -0.39 is 41.6 Å². The molecule has 3 N–H and O–H groups in total. The topological polar surface area (TPSA) is 134 Å². The summed E-state index contributed by atoms with van der Waals surface area (Å²) in [6.45, 7) is 11.0. The molecular weight excluding hydrogens is 490 g/mol. The van der Waals surface area contributed by atoms with Gasteiger partial charge in [-0.2, -0.15) is 0 Å². The van der Waals surface area contributed by atoms with Crippen LogP contribution in [0.3, 0.4) is 0 Å². The molecule has 212 valence electrons. The number of para-hydroxylation sites is 1. The fourth-order valence-electron chi connectivity index (χ4n) is 4.26. The zero-order valence-corrected chi connectivity index (χ0v) is 23.4. The highest BCUT2D eigenvalue weighted by Gasteiger charge is 2.42. The second-order valence-electron chi connectivity index (χ2n) is 11.0. The Bertz CT molecular complexity index is 969. The van der Waals surface area contributed by atoms with Crippen LogP contribution < -0.4 is 10.6 Å². The lowest BCUT2D eigenvalue weighted by Crippen LogP contribution is -2.57. The molecule has 2 unspecified atom stereocenters. The highest BCUT2D eigenvalue weighted by molar-refractivity contribution is 5.93. The lowest BCUT2D eigenvalue weighted by molar-refractivity contribution is -0.148. The number of phenolic OH excluding ortho intramolecular Hbond substituents is 1. The molecule has 0 saturated heterocycles. The molecule has 0 aliphatic heterocycles. The lowest BCUT2D eigenvalue weighted by Gasteiger charge is -2.43. The number of carbonyl (C=O) groups is 4. The van der Waals surface area contributed by atoms with Gasteiger partial charge in [0.15, 0.2) is 0 Å². The van der Waals surface area contributed by atoms with E-state index in [9.17, 15) is 24.3 Å². The molecular formula is C28H43N3O7. The van der Waals surface area contributed by atoms with Crippen molar-refractivity contribution >= 4 is 23.9 Å². The molecule has 3 amide bonds. The number of esters is 1. The molecule has 1 fully saturated rings. The average Bonchev–Trinajstić information content (AvgIpc) is 2.76. The second-order valence-corrected chi connectivity index (χ2v) is 11.0. The van der Waals surface area contributed by atoms with Gasteiger partial charge in [0.2, 0.25) is 11.8 Å². The Kier molecular flexibility index (Phi) is 11.4. The highest BCUT2D eigenvalue weighted by atomic mass is 16.6. The molecule has 1 aromatic carbocycles. The maximum Gasteiger partial charge on any atom is 0.408 e. The molecule has 1 aromatic rings. The molecule has 1 saturated carbocycles. The number of nitrogens with one attached hydrogen (secondary N) is 2. The van der Waals surface area contributed by atoms with Crippen LogP contribution in [-0.4, -0.2) is 64.7 Å². The van der Waals surface area contributed by atoms with Gasteiger partial charge >= 0.3 is 12.1 Å². The summed E-state index contributed by atoms with van der Waals surface area (Å²) in [5.74, 6) is -1.48. The van der Waals surface area contributed by atoms with Gasteiger partial charge in [0.25, 0.3) is 0 Å². The van der Waals surface area contributed by atoms with Gasteiger partial charge in [-0.25, -0.2) is 4.79 Å². The number of aromatic hydroxyl groups is 1. The summed E-state index contributed by atoms with van der Waals surface area (Å²) in [4.78, 5) is 53.7. The molecule has 2 rings (SSSR count). The van der Waals surface area contributed by atoms with Crippen molar-refractivity contribution < 1.29 is 33.8 Å². The van der Waals surface area contributed by atoms with Crippen LogP contribution in [0.1, 0.15) is 85.3 Å². The van der Waals surface area contributed by atoms with E-state index in [2.05, 4.69) is 10.6 Å². The Labute approximate surface area is 225 Å². The summed E-state index contributed by atoms with van der Waals surface area (Å²) in [6.07, 6.45) is 1.85. The van der Waals surface area contributed by atoms with E-state index in [1.54, 1.807) is 45.9 Å². The van der Waals surface area contributed by atoms with Crippen LogP contribution in [0.5, 0.6) is 5.75 Å². The fourth-order valence-corrected chi connectivity index (χ4v) is 4.26. The lowest BCUT2D eigenvalue weighted by atomic mass is 9.87. The number of hydrogen-bond acceptors (Lipinski definition) is 7. The van der Waals surface area contributed by atoms with Crippen LogP contribution in [-0.2, 0) is 23.9 Å². The van der Waals surface area contributed by atoms with Crippen LogP contribution >= 0.6 is 0 Å². The van der Waals surface area contributed by atoms with Crippen molar-refractivity contribution in [3.8, 4) is 5.75 Å². The van der Waals surface area contributed by atoms with E-state index in [4.69, 9.17) is 9.47 Å². The minimum absolute atomic E-state index is 0.0139. The van der Waals surface area contributed by atoms with Crippen molar-refractivity contribution in [2.45, 2.75) is 97.4 Å². The molecule has 2 atom stereocenters. The van der Waals surface area contributed by atoms with Crippen molar-refractivity contribution in [2.75, 3.05) is 13.2 Å². The summed E-state index contributed by atoms with van der Waals surface area (Å²) in [6, 6.07) is 4.03. The SMILES string of the molecule is CCOC(=O)CCNC(=O)C(c1ccccc1O)N(C(=O)C(CC(C)C)NC(=O)OC(C)(C)C)C1CCC1. The van der Waals surface area contributed by atoms with Crippen molar-refractivity contribution in [1.82, 2.24) is 15.5 Å². The number of phenols is 1. The van der Waals surface area contributed by atoms with Gasteiger partial charge in [-0.05, 0) is 65.4 Å². The summed E-state index contributed by atoms with van der Waals surface area (Å²) < 4.78 is 10.3. The Morgan fingerprint density at radius 3 is 2.32 bits per heavy atom. The molecule has 38 heavy (non-hydrogen) atoms. The van der Waals surface area contributed by atoms with Gasteiger partial charge in [0.05, 0.1) is 13.0 Å². The molecule has 0 spiro atoms. The molecule has 0 radical (unpaired) electrons. The Morgan fingerprint density at radius 2 is 1.79 bits per heavy atom. The molecule has 1 aliphatic carbocycles. The van der Waals surface area contributed by atoms with Gasteiger partial charge < -0.3 is 30.1 Å². The quantitative estimate of drug-likeness (QED) is 0.348. The summed E-state index contributed by atoms with van der Waals surface area (Å²) >= 11 is 0. The zero-order valence-electron chi connectivity index (χ0n) is 23.4. The first-order valence-corrected chi connectivity index (χ1v) is 13.4. The van der Waals surface area contributed by atoms with Crippen molar-refractivity contribution in [1.29, 1.82) is 0 Å². The van der Waals surface area contributed by atoms with Crippen LogP contribution in [0.15, 0.2) is 24.3 Å². The summed E-state index contributed by atoms with van der Waals surface area (Å²) in [7, 11) is 0. The number of hydrogen-bond donors (Lipinski definition) is 3. The Balaban J connectivity index is 2.42. The maximum atomic E-state index is 14.1. The first kappa shape index (κ1) is 30.9. The predicted molar refractivity (Wildman–Crippen MR) is 142 cm³/mol. The maximum absolute atomic E-state index is 14.1. The molecule has 0 bridgehead atoms. The highest BCUT2D eigenvalue weighted by Crippen LogP contribution is 2.37. The monoisotopic (exact) mass is 533 g/mol. The number of rotatable bonds is 12. The number of alkyl carbamates (subject to hydrolysis) is 1. The van der Waals surface area contributed by atoms with Crippen LogP contribution in [0.2, 0.25) is 0 Å². The van der Waals surface area contributed by atoms with Gasteiger partial charge in [-0.3, -0.25) is 14.4 Å². The first-order valence-electron chi connectivity index (χ1n) is 13.4. The van der Waals surface area contributed by atoms with E-state index in [0.29, 0.717) is 19.3 Å². The summed E-state index contributed by atoms with van der Waals surface area (Å²) in [5.41, 5.74) is -0.484. The van der Waals surface area contributed by atoms with Crippen molar-refractivity contribution in [3.63, 3.8) is 0 Å². The average molecular weight is 534 g/mol. The largest absolute Gasteiger partial charge is 0.508 e.